The molecular formula is C16H18N4. The van der Waals surface area contributed by atoms with E-state index in [1.807, 2.05) is 7.05 Å². The summed E-state index contributed by atoms with van der Waals surface area (Å²) < 4.78 is 2.38. The van der Waals surface area contributed by atoms with Crippen molar-refractivity contribution in [2.75, 3.05) is 7.05 Å². The molecule has 0 atom stereocenters. The number of aromatic amines is 1. The van der Waals surface area contributed by atoms with Crippen LogP contribution in [0.5, 0.6) is 0 Å². The van der Waals surface area contributed by atoms with Crippen LogP contribution < -0.4 is 5.32 Å². The van der Waals surface area contributed by atoms with Gasteiger partial charge in [0, 0.05) is 34.9 Å². The summed E-state index contributed by atoms with van der Waals surface area (Å²) >= 11 is 0. The second kappa shape index (κ2) is 4.49. The van der Waals surface area contributed by atoms with Gasteiger partial charge in [-0.05, 0) is 26.0 Å². The van der Waals surface area contributed by atoms with Gasteiger partial charge in [0.25, 0.3) is 0 Å². The van der Waals surface area contributed by atoms with Crippen LogP contribution in [0, 0.1) is 0 Å². The first-order chi connectivity index (χ1) is 9.88. The molecule has 0 radical (unpaired) electrons. The van der Waals surface area contributed by atoms with Gasteiger partial charge in [-0.3, -0.25) is 0 Å². The highest BCUT2D eigenvalue weighted by atomic mass is 15.1. The van der Waals surface area contributed by atoms with E-state index in [2.05, 4.69) is 45.3 Å². The first kappa shape index (κ1) is 11.7. The molecule has 20 heavy (non-hydrogen) atoms. The summed E-state index contributed by atoms with van der Waals surface area (Å²) in [6, 6.07) is 8.43. The second-order valence-electron chi connectivity index (χ2n) is 5.36. The van der Waals surface area contributed by atoms with Crippen molar-refractivity contribution in [1.29, 1.82) is 0 Å². The fraction of sp³-hybridized carbons (Fsp3) is 0.312. The number of para-hydroxylation sites is 1. The quantitative estimate of drug-likeness (QED) is 0.765. The van der Waals surface area contributed by atoms with Crippen LogP contribution in [0.3, 0.4) is 0 Å². The zero-order valence-corrected chi connectivity index (χ0v) is 11.6. The van der Waals surface area contributed by atoms with Gasteiger partial charge >= 0.3 is 0 Å². The van der Waals surface area contributed by atoms with E-state index < -0.39 is 0 Å². The minimum atomic E-state index is 0.829. The largest absolute Gasteiger partial charge is 0.360 e. The van der Waals surface area contributed by atoms with Gasteiger partial charge in [0.15, 0.2) is 0 Å². The third-order valence-electron chi connectivity index (χ3n) is 4.13. The summed E-state index contributed by atoms with van der Waals surface area (Å²) in [6.45, 7) is 1.93. The summed E-state index contributed by atoms with van der Waals surface area (Å²) in [6.07, 6.45) is 4.45. The molecule has 3 aromatic rings. The maximum Gasteiger partial charge on any atom is 0.123 e. The molecule has 1 aromatic carbocycles. The molecule has 0 amide bonds. The van der Waals surface area contributed by atoms with Crippen LogP contribution in [0.2, 0.25) is 0 Å². The van der Waals surface area contributed by atoms with E-state index in [4.69, 9.17) is 4.98 Å². The average Bonchev–Trinajstić information content (AvgIpc) is 3.15. The number of hydrogen-bond acceptors (Lipinski definition) is 2. The molecule has 4 heteroatoms. The molecule has 0 fully saturated rings. The SMILES string of the molecule is CNCc1nc(-c2c[nH]c3ccccc23)c2n1CCC2. The molecule has 102 valence electrons. The average molecular weight is 266 g/mol. The highest BCUT2D eigenvalue weighted by Gasteiger charge is 2.23. The lowest BCUT2D eigenvalue weighted by atomic mass is 10.1. The third-order valence-corrected chi connectivity index (χ3v) is 4.13. The molecule has 3 heterocycles. The molecule has 2 N–H and O–H groups in total. The van der Waals surface area contributed by atoms with Gasteiger partial charge in [-0.15, -0.1) is 0 Å². The number of H-pyrrole nitrogens is 1. The predicted octanol–water partition coefficient (Wildman–Crippen LogP) is 2.70. The normalized spacial score (nSPS) is 14.1. The van der Waals surface area contributed by atoms with Crippen LogP contribution in [0.25, 0.3) is 22.2 Å². The fourth-order valence-corrected chi connectivity index (χ4v) is 3.24. The minimum absolute atomic E-state index is 0.829. The Morgan fingerprint density at radius 1 is 1.35 bits per heavy atom. The highest BCUT2D eigenvalue weighted by Crippen LogP contribution is 2.33. The summed E-state index contributed by atoms with van der Waals surface area (Å²) in [7, 11) is 1.97. The van der Waals surface area contributed by atoms with Gasteiger partial charge in [0.2, 0.25) is 0 Å². The zero-order chi connectivity index (χ0) is 13.5. The molecule has 1 aliphatic heterocycles. The Balaban J connectivity index is 1.92. The van der Waals surface area contributed by atoms with E-state index in [0.717, 1.165) is 31.0 Å². The Bertz CT molecular complexity index is 766. The van der Waals surface area contributed by atoms with Crippen molar-refractivity contribution in [2.45, 2.75) is 25.9 Å². The monoisotopic (exact) mass is 266 g/mol. The van der Waals surface area contributed by atoms with Crippen LogP contribution in [-0.2, 0) is 19.5 Å². The van der Waals surface area contributed by atoms with E-state index in [1.165, 1.54) is 28.6 Å². The van der Waals surface area contributed by atoms with Gasteiger partial charge in [-0.25, -0.2) is 4.98 Å². The molecule has 0 unspecified atom stereocenters. The third kappa shape index (κ3) is 1.61. The van der Waals surface area contributed by atoms with Crippen molar-refractivity contribution in [1.82, 2.24) is 19.9 Å². The number of aromatic nitrogens is 3. The lowest BCUT2D eigenvalue weighted by Crippen LogP contribution is -2.11. The topological polar surface area (TPSA) is 45.6 Å². The van der Waals surface area contributed by atoms with Crippen LogP contribution in [0.4, 0.5) is 0 Å². The molecular weight excluding hydrogens is 248 g/mol. The number of rotatable bonds is 3. The first-order valence-electron chi connectivity index (χ1n) is 7.18. The molecule has 2 aromatic heterocycles. The first-order valence-corrected chi connectivity index (χ1v) is 7.18. The number of benzene rings is 1. The molecule has 0 spiro atoms. The summed E-state index contributed by atoms with van der Waals surface area (Å²) in [5, 5.41) is 4.48. The van der Waals surface area contributed by atoms with Crippen molar-refractivity contribution in [2.24, 2.45) is 0 Å². The maximum absolute atomic E-state index is 4.89. The van der Waals surface area contributed by atoms with E-state index in [1.54, 1.807) is 0 Å². The molecule has 4 rings (SSSR count). The Labute approximate surface area is 117 Å². The summed E-state index contributed by atoms with van der Waals surface area (Å²) in [5.41, 5.74) is 4.95. The molecule has 0 bridgehead atoms. The van der Waals surface area contributed by atoms with Gasteiger partial charge in [-0.2, -0.15) is 0 Å². The standard InChI is InChI=1S/C16H18N4/c1-17-10-15-19-16(14-7-4-8-20(14)15)12-9-18-13-6-3-2-5-11(12)13/h2-3,5-6,9,17-18H,4,7-8,10H2,1H3. The van der Waals surface area contributed by atoms with Gasteiger partial charge in [0.05, 0.1) is 12.2 Å². The molecule has 0 saturated carbocycles. The van der Waals surface area contributed by atoms with Crippen molar-refractivity contribution < 1.29 is 0 Å². The van der Waals surface area contributed by atoms with Crippen molar-refractivity contribution >= 4 is 10.9 Å². The Hall–Kier alpha value is -2.07. The van der Waals surface area contributed by atoms with E-state index in [9.17, 15) is 0 Å². The fourth-order valence-electron chi connectivity index (χ4n) is 3.24. The van der Waals surface area contributed by atoms with Gasteiger partial charge in [-0.1, -0.05) is 18.2 Å². The van der Waals surface area contributed by atoms with E-state index in [-0.39, 0.29) is 0 Å². The number of nitrogens with zero attached hydrogens (tertiary/aromatic N) is 2. The maximum atomic E-state index is 4.89. The smallest absolute Gasteiger partial charge is 0.123 e. The van der Waals surface area contributed by atoms with Crippen molar-refractivity contribution in [3.05, 3.63) is 42.0 Å². The van der Waals surface area contributed by atoms with Crippen LogP contribution in [0.1, 0.15) is 17.9 Å². The molecule has 4 nitrogen and oxygen atoms in total. The Morgan fingerprint density at radius 2 is 2.25 bits per heavy atom. The van der Waals surface area contributed by atoms with Crippen molar-refractivity contribution in [3.8, 4) is 11.3 Å². The summed E-state index contributed by atoms with van der Waals surface area (Å²) in [4.78, 5) is 8.25. The Kier molecular flexibility index (Phi) is 2.63. The Morgan fingerprint density at radius 3 is 3.15 bits per heavy atom. The number of fused-ring (bicyclic) bond motifs is 2. The van der Waals surface area contributed by atoms with Gasteiger partial charge in [0.1, 0.15) is 5.82 Å². The van der Waals surface area contributed by atoms with Crippen LogP contribution in [-0.4, -0.2) is 21.6 Å². The van der Waals surface area contributed by atoms with Crippen molar-refractivity contribution in [3.63, 3.8) is 0 Å². The highest BCUT2D eigenvalue weighted by molar-refractivity contribution is 5.95. The number of imidazole rings is 1. The van der Waals surface area contributed by atoms with E-state index in [0.29, 0.717) is 0 Å². The zero-order valence-electron chi connectivity index (χ0n) is 11.6. The van der Waals surface area contributed by atoms with Crippen LogP contribution >= 0.6 is 0 Å². The minimum Gasteiger partial charge on any atom is -0.360 e. The summed E-state index contributed by atoms with van der Waals surface area (Å²) in [5.74, 6) is 1.15. The second-order valence-corrected chi connectivity index (χ2v) is 5.36. The number of hydrogen-bond donors (Lipinski definition) is 2. The lowest BCUT2D eigenvalue weighted by Gasteiger charge is -2.01. The molecule has 0 aliphatic carbocycles. The van der Waals surface area contributed by atoms with Gasteiger partial charge < -0.3 is 14.9 Å². The predicted molar refractivity (Wildman–Crippen MR) is 80.6 cm³/mol. The van der Waals surface area contributed by atoms with E-state index >= 15 is 0 Å². The molecule has 1 aliphatic rings. The number of nitrogens with one attached hydrogen (secondary N) is 2. The lowest BCUT2D eigenvalue weighted by molar-refractivity contribution is 0.653. The molecule has 0 saturated heterocycles. The van der Waals surface area contributed by atoms with Crippen LogP contribution in [0.15, 0.2) is 30.5 Å².